The summed E-state index contributed by atoms with van der Waals surface area (Å²) in [5, 5.41) is 9.89. The van der Waals surface area contributed by atoms with E-state index in [-0.39, 0.29) is 17.1 Å². The second-order valence-corrected chi connectivity index (χ2v) is 4.24. The van der Waals surface area contributed by atoms with E-state index in [2.05, 4.69) is 9.97 Å². The zero-order valence-electron chi connectivity index (χ0n) is 9.74. The number of hydrogen-bond donors (Lipinski definition) is 2. The Kier molecular flexibility index (Phi) is 2.30. The van der Waals surface area contributed by atoms with E-state index in [1.54, 1.807) is 24.3 Å². The number of hydrogen-bond acceptors (Lipinski definition) is 2. The van der Waals surface area contributed by atoms with Crippen LogP contribution in [0.3, 0.4) is 0 Å². The number of para-hydroxylation sites is 1. The van der Waals surface area contributed by atoms with Gasteiger partial charge in [-0.25, -0.2) is 9.37 Å². The molecular formula is C14H11FN2O. The van der Waals surface area contributed by atoms with Crippen molar-refractivity contribution in [2.24, 2.45) is 0 Å². The van der Waals surface area contributed by atoms with Crippen LogP contribution in [0.1, 0.15) is 5.56 Å². The topological polar surface area (TPSA) is 48.9 Å². The Hall–Kier alpha value is -2.36. The highest BCUT2D eigenvalue weighted by Crippen LogP contribution is 2.29. The minimum Gasteiger partial charge on any atom is -0.507 e. The van der Waals surface area contributed by atoms with Crippen LogP contribution in [0.5, 0.6) is 5.75 Å². The number of aryl methyl sites for hydroxylation is 1. The van der Waals surface area contributed by atoms with E-state index in [1.165, 1.54) is 6.07 Å². The maximum Gasteiger partial charge on any atom is 0.151 e. The number of aromatic nitrogens is 2. The van der Waals surface area contributed by atoms with Crippen molar-refractivity contribution in [3.05, 3.63) is 47.8 Å². The Bertz CT molecular complexity index is 734. The summed E-state index contributed by atoms with van der Waals surface area (Å²) in [6.45, 7) is 1.89. The molecule has 0 bridgehead atoms. The third-order valence-corrected chi connectivity index (χ3v) is 2.87. The predicted molar refractivity (Wildman–Crippen MR) is 67.9 cm³/mol. The van der Waals surface area contributed by atoms with Crippen molar-refractivity contribution in [3.8, 4) is 17.1 Å². The van der Waals surface area contributed by atoms with Gasteiger partial charge < -0.3 is 10.1 Å². The number of rotatable bonds is 1. The van der Waals surface area contributed by atoms with Gasteiger partial charge in [-0.15, -0.1) is 0 Å². The second-order valence-electron chi connectivity index (χ2n) is 4.24. The number of benzene rings is 2. The molecule has 4 heteroatoms. The molecule has 1 aromatic heterocycles. The summed E-state index contributed by atoms with van der Waals surface area (Å²) in [4.78, 5) is 7.18. The molecule has 0 aliphatic carbocycles. The number of phenolic OH excluding ortho intramolecular Hbond substituents is 1. The normalized spacial score (nSPS) is 11.0. The number of nitrogens with zero attached hydrogens (tertiary/aromatic N) is 1. The molecule has 18 heavy (non-hydrogen) atoms. The zero-order valence-corrected chi connectivity index (χ0v) is 9.74. The highest BCUT2D eigenvalue weighted by molar-refractivity contribution is 5.81. The summed E-state index contributed by atoms with van der Waals surface area (Å²) in [5.41, 5.74) is 2.42. The van der Waals surface area contributed by atoms with Crippen molar-refractivity contribution >= 4 is 11.0 Å². The number of fused-ring (bicyclic) bond motifs is 1. The molecule has 0 unspecified atom stereocenters. The Morgan fingerprint density at radius 1 is 1.22 bits per heavy atom. The summed E-state index contributed by atoms with van der Waals surface area (Å²) in [6.07, 6.45) is 0. The highest BCUT2D eigenvalue weighted by Gasteiger charge is 2.11. The molecule has 2 N–H and O–H groups in total. The van der Waals surface area contributed by atoms with Crippen LogP contribution in [0.25, 0.3) is 22.4 Å². The molecule has 3 nitrogen and oxygen atoms in total. The van der Waals surface area contributed by atoms with Crippen molar-refractivity contribution < 1.29 is 9.50 Å². The fourth-order valence-corrected chi connectivity index (χ4v) is 1.97. The number of imidazole rings is 1. The smallest absolute Gasteiger partial charge is 0.151 e. The molecule has 3 rings (SSSR count). The van der Waals surface area contributed by atoms with E-state index in [1.807, 2.05) is 13.0 Å². The molecule has 0 saturated heterocycles. The van der Waals surface area contributed by atoms with Crippen LogP contribution in [-0.2, 0) is 0 Å². The summed E-state index contributed by atoms with van der Waals surface area (Å²) >= 11 is 0. The van der Waals surface area contributed by atoms with Crippen LogP contribution < -0.4 is 0 Å². The lowest BCUT2D eigenvalue weighted by atomic mass is 10.1. The summed E-state index contributed by atoms with van der Waals surface area (Å²) < 4.78 is 13.5. The molecule has 2 aromatic carbocycles. The Labute approximate surface area is 103 Å². The molecule has 3 aromatic rings. The van der Waals surface area contributed by atoms with Crippen LogP contribution in [0, 0.1) is 12.7 Å². The number of phenols is 1. The largest absolute Gasteiger partial charge is 0.507 e. The lowest BCUT2D eigenvalue weighted by Gasteiger charge is -2.01. The third kappa shape index (κ3) is 1.62. The van der Waals surface area contributed by atoms with Gasteiger partial charge in [-0.2, -0.15) is 0 Å². The van der Waals surface area contributed by atoms with Gasteiger partial charge in [0.2, 0.25) is 0 Å². The molecule has 90 valence electrons. The number of aromatic hydroxyl groups is 1. The number of H-pyrrole nitrogens is 1. The van der Waals surface area contributed by atoms with E-state index in [0.717, 1.165) is 5.56 Å². The molecule has 0 atom stereocenters. The molecule has 1 heterocycles. The summed E-state index contributed by atoms with van der Waals surface area (Å²) in [6, 6.07) is 10.0. The van der Waals surface area contributed by atoms with Gasteiger partial charge in [0, 0.05) is 0 Å². The molecule has 0 saturated carbocycles. The molecule has 0 spiro atoms. The first-order valence-corrected chi connectivity index (χ1v) is 5.59. The average molecular weight is 242 g/mol. The van der Waals surface area contributed by atoms with Gasteiger partial charge in [-0.1, -0.05) is 12.1 Å². The molecule has 0 amide bonds. The highest BCUT2D eigenvalue weighted by atomic mass is 19.1. The van der Waals surface area contributed by atoms with E-state index in [4.69, 9.17) is 0 Å². The number of aromatic amines is 1. The maximum absolute atomic E-state index is 13.5. The second kappa shape index (κ2) is 3.84. The van der Waals surface area contributed by atoms with Crippen molar-refractivity contribution in [1.29, 1.82) is 0 Å². The van der Waals surface area contributed by atoms with Gasteiger partial charge in [0.1, 0.15) is 17.1 Å². The molecule has 0 radical (unpaired) electrons. The van der Waals surface area contributed by atoms with Crippen LogP contribution >= 0.6 is 0 Å². The van der Waals surface area contributed by atoms with E-state index in [0.29, 0.717) is 16.9 Å². The van der Waals surface area contributed by atoms with Crippen LogP contribution in [0.4, 0.5) is 4.39 Å². The van der Waals surface area contributed by atoms with Gasteiger partial charge >= 0.3 is 0 Å². The fourth-order valence-electron chi connectivity index (χ4n) is 1.97. The van der Waals surface area contributed by atoms with E-state index >= 15 is 0 Å². The molecule has 0 fully saturated rings. The molecule has 0 aliphatic rings. The maximum atomic E-state index is 13.5. The van der Waals surface area contributed by atoms with Gasteiger partial charge in [0.05, 0.1) is 11.1 Å². The van der Waals surface area contributed by atoms with E-state index in [9.17, 15) is 9.50 Å². The zero-order chi connectivity index (χ0) is 12.7. The van der Waals surface area contributed by atoms with Crippen molar-refractivity contribution in [2.45, 2.75) is 6.92 Å². The van der Waals surface area contributed by atoms with Gasteiger partial charge in [-0.3, -0.25) is 0 Å². The van der Waals surface area contributed by atoms with Crippen LogP contribution in [0.2, 0.25) is 0 Å². The van der Waals surface area contributed by atoms with Gasteiger partial charge in [-0.05, 0) is 36.8 Å². The average Bonchev–Trinajstić information content (AvgIpc) is 2.74. The first-order valence-electron chi connectivity index (χ1n) is 5.59. The first-order chi connectivity index (χ1) is 8.65. The minimum absolute atomic E-state index is 0.134. The number of nitrogens with one attached hydrogen (secondary N) is 1. The minimum atomic E-state index is -0.374. The van der Waals surface area contributed by atoms with E-state index < -0.39 is 0 Å². The number of halogens is 1. The fraction of sp³-hybridized carbons (Fsp3) is 0.0714. The van der Waals surface area contributed by atoms with Crippen molar-refractivity contribution in [1.82, 2.24) is 9.97 Å². The van der Waals surface area contributed by atoms with Crippen LogP contribution in [-0.4, -0.2) is 15.1 Å². The van der Waals surface area contributed by atoms with Gasteiger partial charge in [0.15, 0.2) is 5.82 Å². The predicted octanol–water partition coefficient (Wildman–Crippen LogP) is 3.38. The molecular weight excluding hydrogens is 231 g/mol. The standard InChI is InChI=1S/C14H11FN2O/c1-8-5-6-9(12(18)7-8)14-16-11-4-2-3-10(15)13(11)17-14/h2-7,18H,1H3,(H,16,17). The van der Waals surface area contributed by atoms with Gasteiger partial charge in [0.25, 0.3) is 0 Å². The Balaban J connectivity index is 2.23. The van der Waals surface area contributed by atoms with Crippen molar-refractivity contribution in [2.75, 3.05) is 0 Å². The Morgan fingerprint density at radius 2 is 2.06 bits per heavy atom. The first kappa shape index (κ1) is 10.8. The third-order valence-electron chi connectivity index (χ3n) is 2.87. The SMILES string of the molecule is Cc1ccc(-c2nc3c(F)cccc3[nH]2)c(O)c1. The quantitative estimate of drug-likeness (QED) is 0.687. The summed E-state index contributed by atoms with van der Waals surface area (Å²) in [5.74, 6) is 0.226. The monoisotopic (exact) mass is 242 g/mol. The lowest BCUT2D eigenvalue weighted by Crippen LogP contribution is -1.82. The van der Waals surface area contributed by atoms with Crippen LogP contribution in [0.15, 0.2) is 36.4 Å². The Morgan fingerprint density at radius 3 is 2.78 bits per heavy atom. The summed E-state index contributed by atoms with van der Waals surface area (Å²) in [7, 11) is 0. The van der Waals surface area contributed by atoms with Crippen molar-refractivity contribution in [3.63, 3.8) is 0 Å². The lowest BCUT2D eigenvalue weighted by molar-refractivity contribution is 0.476. The molecule has 0 aliphatic heterocycles.